The molecule has 0 aliphatic heterocycles. The molecule has 0 amide bonds. The van der Waals surface area contributed by atoms with Crippen LogP contribution in [0.2, 0.25) is 0 Å². The molecule has 7 nitrogen and oxygen atoms in total. The molecule has 0 saturated heterocycles. The molecule has 106 valence electrons. The van der Waals surface area contributed by atoms with Gasteiger partial charge < -0.3 is 9.47 Å². The number of methoxy groups -OCH3 is 2. The van der Waals surface area contributed by atoms with Crippen LogP contribution in [0.1, 0.15) is 0 Å². The number of sulfonamides is 1. The Bertz CT molecular complexity index is 689. The second-order valence-corrected chi connectivity index (χ2v) is 5.40. The van der Waals surface area contributed by atoms with Gasteiger partial charge in [0, 0.05) is 12.3 Å². The minimum Gasteiger partial charge on any atom is -0.493 e. The molecule has 20 heavy (non-hydrogen) atoms. The van der Waals surface area contributed by atoms with Crippen molar-refractivity contribution in [2.24, 2.45) is 0 Å². The summed E-state index contributed by atoms with van der Waals surface area (Å²) < 4.78 is 36.9. The van der Waals surface area contributed by atoms with E-state index in [0.29, 0.717) is 11.5 Å². The van der Waals surface area contributed by atoms with Gasteiger partial charge in [0.15, 0.2) is 11.5 Å². The van der Waals surface area contributed by atoms with Crippen LogP contribution >= 0.6 is 0 Å². The Hall–Kier alpha value is -2.35. The molecule has 0 aliphatic rings. The van der Waals surface area contributed by atoms with Crippen LogP contribution in [0, 0.1) is 0 Å². The highest BCUT2D eigenvalue weighted by Gasteiger charge is 2.17. The lowest BCUT2D eigenvalue weighted by Crippen LogP contribution is -2.14. The number of hydrogen-bond acceptors (Lipinski definition) is 6. The summed E-state index contributed by atoms with van der Waals surface area (Å²) in [7, 11) is -0.833. The highest BCUT2D eigenvalue weighted by atomic mass is 32.2. The minimum atomic E-state index is -3.75. The summed E-state index contributed by atoms with van der Waals surface area (Å²) in [4.78, 5) is 7.57. The van der Waals surface area contributed by atoms with Gasteiger partial charge >= 0.3 is 0 Å². The van der Waals surface area contributed by atoms with E-state index >= 15 is 0 Å². The molecule has 0 spiro atoms. The van der Waals surface area contributed by atoms with Crippen molar-refractivity contribution in [3.8, 4) is 11.5 Å². The molecule has 1 heterocycles. The van der Waals surface area contributed by atoms with E-state index in [1.807, 2.05) is 0 Å². The van der Waals surface area contributed by atoms with E-state index in [4.69, 9.17) is 9.47 Å². The van der Waals surface area contributed by atoms with Crippen molar-refractivity contribution >= 4 is 15.8 Å². The maximum absolute atomic E-state index is 12.2. The van der Waals surface area contributed by atoms with Crippen LogP contribution in [0.4, 0.5) is 5.82 Å². The van der Waals surface area contributed by atoms with Crippen molar-refractivity contribution in [3.05, 3.63) is 36.8 Å². The quantitative estimate of drug-likeness (QED) is 0.894. The summed E-state index contributed by atoms with van der Waals surface area (Å²) in [6, 6.07) is 5.78. The summed E-state index contributed by atoms with van der Waals surface area (Å²) in [5, 5.41) is 0. The first-order valence-corrected chi connectivity index (χ1v) is 7.06. The zero-order valence-corrected chi connectivity index (χ0v) is 11.7. The summed E-state index contributed by atoms with van der Waals surface area (Å²) >= 11 is 0. The molecule has 2 rings (SSSR count). The first-order chi connectivity index (χ1) is 9.56. The van der Waals surface area contributed by atoms with Crippen molar-refractivity contribution in [3.63, 3.8) is 0 Å². The molecule has 0 atom stereocenters. The Morgan fingerprint density at radius 3 is 2.45 bits per heavy atom. The number of aromatic nitrogens is 2. The van der Waals surface area contributed by atoms with E-state index in [1.54, 1.807) is 0 Å². The average Bonchev–Trinajstić information content (AvgIpc) is 2.47. The average molecular weight is 295 g/mol. The summed E-state index contributed by atoms with van der Waals surface area (Å²) in [5.74, 6) is 0.973. The van der Waals surface area contributed by atoms with Crippen LogP contribution in [0.5, 0.6) is 11.5 Å². The van der Waals surface area contributed by atoms with Gasteiger partial charge in [-0.15, -0.1) is 0 Å². The van der Waals surface area contributed by atoms with Crippen molar-refractivity contribution in [2.75, 3.05) is 18.9 Å². The normalized spacial score (nSPS) is 10.9. The maximum Gasteiger partial charge on any atom is 0.263 e. The van der Waals surface area contributed by atoms with Crippen molar-refractivity contribution in [2.45, 2.75) is 4.90 Å². The second-order valence-electron chi connectivity index (χ2n) is 3.72. The zero-order valence-electron chi connectivity index (χ0n) is 10.9. The fourth-order valence-electron chi connectivity index (χ4n) is 1.53. The number of anilines is 1. The Labute approximate surface area is 116 Å². The van der Waals surface area contributed by atoms with E-state index in [-0.39, 0.29) is 10.7 Å². The molecule has 0 aliphatic carbocycles. The van der Waals surface area contributed by atoms with E-state index in [0.717, 1.165) is 0 Å². The number of nitrogens with zero attached hydrogens (tertiary/aromatic N) is 2. The second kappa shape index (κ2) is 5.74. The number of rotatable bonds is 5. The molecule has 1 aromatic carbocycles. The highest BCUT2D eigenvalue weighted by molar-refractivity contribution is 7.92. The fourth-order valence-corrected chi connectivity index (χ4v) is 2.55. The maximum atomic E-state index is 12.2. The van der Waals surface area contributed by atoms with Gasteiger partial charge in [0.05, 0.1) is 19.1 Å². The minimum absolute atomic E-state index is 0.0498. The third-order valence-corrected chi connectivity index (χ3v) is 3.84. The molecular weight excluding hydrogens is 282 g/mol. The first kappa shape index (κ1) is 14.1. The predicted molar refractivity (Wildman–Crippen MR) is 72.4 cm³/mol. The Morgan fingerprint density at radius 1 is 1.10 bits per heavy atom. The largest absolute Gasteiger partial charge is 0.493 e. The lowest BCUT2D eigenvalue weighted by molar-refractivity contribution is 0.354. The van der Waals surface area contributed by atoms with Crippen LogP contribution in [-0.2, 0) is 10.0 Å². The predicted octanol–water partition coefficient (Wildman–Crippen LogP) is 1.29. The number of ether oxygens (including phenoxy) is 2. The topological polar surface area (TPSA) is 90.4 Å². The summed E-state index contributed by atoms with van der Waals surface area (Å²) in [6.07, 6.45) is 2.70. The van der Waals surface area contributed by atoms with E-state index < -0.39 is 10.0 Å². The molecule has 1 N–H and O–H groups in total. The van der Waals surface area contributed by atoms with Crippen LogP contribution in [0.25, 0.3) is 0 Å². The standard InChI is InChI=1S/C12H13N3O4S/c1-18-10-4-3-9(7-11(10)19-2)20(16,17)15-12-5-6-13-8-14-12/h3-8H,1-2H3,(H,13,14,15). The van der Waals surface area contributed by atoms with Gasteiger partial charge in [-0.3, -0.25) is 4.72 Å². The zero-order chi connectivity index (χ0) is 14.6. The van der Waals surface area contributed by atoms with Crippen LogP contribution in [0.3, 0.4) is 0 Å². The van der Waals surface area contributed by atoms with Gasteiger partial charge in [0.25, 0.3) is 10.0 Å². The molecule has 8 heteroatoms. The molecule has 0 saturated carbocycles. The number of nitrogens with one attached hydrogen (secondary N) is 1. The summed E-state index contributed by atoms with van der Waals surface area (Å²) in [5.41, 5.74) is 0. The van der Waals surface area contributed by atoms with E-state index in [9.17, 15) is 8.42 Å². The molecule has 0 unspecified atom stereocenters. The molecule has 0 fully saturated rings. The molecule has 2 aromatic rings. The van der Waals surface area contributed by atoms with Crippen LogP contribution in [-0.4, -0.2) is 32.6 Å². The third-order valence-electron chi connectivity index (χ3n) is 2.49. The molecule has 0 radical (unpaired) electrons. The van der Waals surface area contributed by atoms with Gasteiger partial charge in [-0.2, -0.15) is 0 Å². The van der Waals surface area contributed by atoms with Gasteiger partial charge in [0.1, 0.15) is 12.1 Å². The van der Waals surface area contributed by atoms with Crippen LogP contribution in [0.15, 0.2) is 41.7 Å². The smallest absolute Gasteiger partial charge is 0.263 e. The number of benzene rings is 1. The SMILES string of the molecule is COc1ccc(S(=O)(=O)Nc2ccncn2)cc1OC. The van der Waals surface area contributed by atoms with Crippen molar-refractivity contribution in [1.82, 2.24) is 9.97 Å². The summed E-state index contributed by atoms with van der Waals surface area (Å²) in [6.45, 7) is 0. The van der Waals surface area contributed by atoms with E-state index in [1.165, 1.54) is 51.0 Å². The van der Waals surface area contributed by atoms with Gasteiger partial charge in [0.2, 0.25) is 0 Å². The third kappa shape index (κ3) is 2.97. The Balaban J connectivity index is 2.35. The van der Waals surface area contributed by atoms with Gasteiger partial charge in [-0.05, 0) is 18.2 Å². The van der Waals surface area contributed by atoms with Crippen molar-refractivity contribution < 1.29 is 17.9 Å². The number of hydrogen-bond donors (Lipinski definition) is 1. The molecular formula is C12H13N3O4S. The monoisotopic (exact) mass is 295 g/mol. The molecule has 1 aromatic heterocycles. The lowest BCUT2D eigenvalue weighted by atomic mass is 10.3. The molecule has 0 bridgehead atoms. The Morgan fingerprint density at radius 2 is 1.85 bits per heavy atom. The van der Waals surface area contributed by atoms with Crippen molar-refractivity contribution in [1.29, 1.82) is 0 Å². The Kier molecular flexibility index (Phi) is 4.04. The van der Waals surface area contributed by atoms with E-state index in [2.05, 4.69) is 14.7 Å². The van der Waals surface area contributed by atoms with Gasteiger partial charge in [-0.25, -0.2) is 18.4 Å². The fraction of sp³-hybridized carbons (Fsp3) is 0.167. The first-order valence-electron chi connectivity index (χ1n) is 5.57. The lowest BCUT2D eigenvalue weighted by Gasteiger charge is -2.11. The van der Waals surface area contributed by atoms with Gasteiger partial charge in [-0.1, -0.05) is 0 Å². The van der Waals surface area contributed by atoms with Crippen LogP contribution < -0.4 is 14.2 Å². The highest BCUT2D eigenvalue weighted by Crippen LogP contribution is 2.29.